The normalized spacial score (nSPS) is 12.0. The molecule has 2 aromatic rings. The number of para-hydroxylation sites is 1. The maximum atomic E-state index is 5.99. The van der Waals surface area contributed by atoms with Gasteiger partial charge in [0.15, 0.2) is 0 Å². The Kier molecular flexibility index (Phi) is 5.64. The Balaban J connectivity index is 1.94. The van der Waals surface area contributed by atoms with Gasteiger partial charge in [0.2, 0.25) is 0 Å². The fourth-order valence-electron chi connectivity index (χ4n) is 2.30. The largest absolute Gasteiger partial charge is 0.497 e. The molecular formula is C18H23NO2. The molecule has 3 heteroatoms. The number of anilines is 1. The molecule has 0 fully saturated rings. The van der Waals surface area contributed by atoms with Crippen LogP contribution in [0.2, 0.25) is 0 Å². The van der Waals surface area contributed by atoms with E-state index in [4.69, 9.17) is 9.47 Å². The molecule has 1 unspecified atom stereocenters. The van der Waals surface area contributed by atoms with Crippen molar-refractivity contribution in [1.29, 1.82) is 0 Å². The number of methoxy groups -OCH3 is 1. The van der Waals surface area contributed by atoms with Crippen molar-refractivity contribution in [2.75, 3.05) is 18.6 Å². The second kappa shape index (κ2) is 7.70. The maximum absolute atomic E-state index is 5.99. The molecule has 3 nitrogen and oxygen atoms in total. The average molecular weight is 285 g/mol. The van der Waals surface area contributed by atoms with E-state index in [1.54, 1.807) is 7.11 Å². The highest BCUT2D eigenvalue weighted by Crippen LogP contribution is 2.18. The summed E-state index contributed by atoms with van der Waals surface area (Å²) in [7, 11) is 1.67. The van der Waals surface area contributed by atoms with Crippen molar-refractivity contribution >= 4 is 5.69 Å². The summed E-state index contributed by atoms with van der Waals surface area (Å²) in [5, 5.41) is 0. The van der Waals surface area contributed by atoms with Gasteiger partial charge in [-0.05, 0) is 43.7 Å². The van der Waals surface area contributed by atoms with Crippen LogP contribution in [0.1, 0.15) is 19.4 Å². The van der Waals surface area contributed by atoms with Crippen LogP contribution in [0.25, 0.3) is 0 Å². The van der Waals surface area contributed by atoms with E-state index < -0.39 is 0 Å². The fraction of sp³-hybridized carbons (Fsp3) is 0.333. The van der Waals surface area contributed by atoms with E-state index in [1.807, 2.05) is 42.5 Å². The predicted molar refractivity (Wildman–Crippen MR) is 86.7 cm³/mol. The van der Waals surface area contributed by atoms with Crippen LogP contribution in [-0.2, 0) is 11.3 Å². The lowest BCUT2D eigenvalue weighted by atomic mass is 10.2. The Morgan fingerprint density at radius 1 is 1.00 bits per heavy atom. The van der Waals surface area contributed by atoms with Crippen molar-refractivity contribution in [2.24, 2.45) is 0 Å². The summed E-state index contributed by atoms with van der Waals surface area (Å²) < 4.78 is 11.2. The monoisotopic (exact) mass is 285 g/mol. The van der Waals surface area contributed by atoms with Crippen molar-refractivity contribution in [2.45, 2.75) is 26.7 Å². The topological polar surface area (TPSA) is 21.7 Å². The third kappa shape index (κ3) is 4.23. The molecule has 0 saturated heterocycles. The van der Waals surface area contributed by atoms with Crippen LogP contribution in [0, 0.1) is 0 Å². The van der Waals surface area contributed by atoms with Crippen LogP contribution in [0.4, 0.5) is 5.69 Å². The molecule has 0 N–H and O–H groups in total. The number of hydrogen-bond acceptors (Lipinski definition) is 3. The highest BCUT2D eigenvalue weighted by molar-refractivity contribution is 5.46. The second-order valence-electron chi connectivity index (χ2n) is 4.88. The van der Waals surface area contributed by atoms with Gasteiger partial charge in [-0.3, -0.25) is 0 Å². The summed E-state index contributed by atoms with van der Waals surface area (Å²) in [6.07, 6.45) is 0.0273. The van der Waals surface area contributed by atoms with Gasteiger partial charge < -0.3 is 14.4 Å². The minimum absolute atomic E-state index is 0.0273. The van der Waals surface area contributed by atoms with E-state index in [-0.39, 0.29) is 6.23 Å². The molecule has 0 amide bonds. The number of ether oxygens (including phenoxy) is 2. The number of hydrogen-bond donors (Lipinski definition) is 0. The molecule has 0 aromatic heterocycles. The van der Waals surface area contributed by atoms with Crippen molar-refractivity contribution in [3.63, 3.8) is 0 Å². The maximum Gasteiger partial charge on any atom is 0.127 e. The van der Waals surface area contributed by atoms with E-state index in [1.165, 1.54) is 5.69 Å². The Hall–Kier alpha value is -2.00. The summed E-state index contributed by atoms with van der Waals surface area (Å²) in [4.78, 5) is 2.24. The van der Waals surface area contributed by atoms with E-state index >= 15 is 0 Å². The quantitative estimate of drug-likeness (QED) is 0.715. The van der Waals surface area contributed by atoms with Gasteiger partial charge in [0, 0.05) is 12.2 Å². The molecule has 0 spiro atoms. The molecule has 0 bridgehead atoms. The van der Waals surface area contributed by atoms with Crippen molar-refractivity contribution < 1.29 is 9.47 Å². The first-order valence-corrected chi connectivity index (χ1v) is 7.30. The summed E-state index contributed by atoms with van der Waals surface area (Å²) in [5.74, 6) is 0.867. The van der Waals surface area contributed by atoms with E-state index in [0.29, 0.717) is 6.61 Å². The predicted octanol–water partition coefficient (Wildman–Crippen LogP) is 4.08. The lowest BCUT2D eigenvalue weighted by Crippen LogP contribution is -2.34. The summed E-state index contributed by atoms with van der Waals surface area (Å²) in [5.41, 5.74) is 2.33. The Bertz CT molecular complexity index is 525. The first-order chi connectivity index (χ1) is 10.2. The van der Waals surface area contributed by atoms with Gasteiger partial charge in [0.25, 0.3) is 0 Å². The molecule has 21 heavy (non-hydrogen) atoms. The van der Waals surface area contributed by atoms with Gasteiger partial charge in [0.1, 0.15) is 12.0 Å². The number of benzene rings is 2. The summed E-state index contributed by atoms with van der Waals surface area (Å²) in [6.45, 7) is 5.72. The minimum Gasteiger partial charge on any atom is -0.497 e. The van der Waals surface area contributed by atoms with Crippen LogP contribution < -0.4 is 9.64 Å². The Morgan fingerprint density at radius 2 is 1.67 bits per heavy atom. The molecule has 1 atom stereocenters. The summed E-state index contributed by atoms with van der Waals surface area (Å²) in [6, 6.07) is 18.3. The molecule has 112 valence electrons. The highest BCUT2D eigenvalue weighted by Gasteiger charge is 2.12. The first kappa shape index (κ1) is 15.4. The van der Waals surface area contributed by atoms with Gasteiger partial charge in [-0.2, -0.15) is 0 Å². The zero-order valence-electron chi connectivity index (χ0n) is 13.0. The van der Waals surface area contributed by atoms with Crippen molar-refractivity contribution in [3.05, 3.63) is 60.2 Å². The molecule has 0 saturated carbocycles. The number of nitrogens with zero attached hydrogens (tertiary/aromatic N) is 1. The van der Waals surface area contributed by atoms with Crippen LogP contribution in [0.15, 0.2) is 54.6 Å². The average Bonchev–Trinajstić information content (AvgIpc) is 2.55. The van der Waals surface area contributed by atoms with Crippen molar-refractivity contribution in [1.82, 2.24) is 0 Å². The molecule has 0 aliphatic heterocycles. The van der Waals surface area contributed by atoms with Gasteiger partial charge in [-0.15, -0.1) is 0 Å². The second-order valence-corrected chi connectivity index (χ2v) is 4.88. The Labute approximate surface area is 127 Å². The van der Waals surface area contributed by atoms with Gasteiger partial charge in [-0.25, -0.2) is 0 Å². The molecule has 0 heterocycles. The molecular weight excluding hydrogens is 262 g/mol. The van der Waals surface area contributed by atoms with Crippen LogP contribution >= 0.6 is 0 Å². The zero-order valence-corrected chi connectivity index (χ0v) is 13.0. The SMILES string of the molecule is CCN(c1ccccc1)C(C)OCc1ccc(OC)cc1. The molecule has 0 radical (unpaired) electrons. The summed E-state index contributed by atoms with van der Waals surface area (Å²) >= 11 is 0. The molecule has 2 aromatic carbocycles. The first-order valence-electron chi connectivity index (χ1n) is 7.30. The fourth-order valence-corrected chi connectivity index (χ4v) is 2.30. The third-order valence-electron chi connectivity index (χ3n) is 3.52. The van der Waals surface area contributed by atoms with Crippen LogP contribution in [-0.4, -0.2) is 19.9 Å². The lowest BCUT2D eigenvalue weighted by molar-refractivity contribution is 0.0512. The lowest BCUT2D eigenvalue weighted by Gasteiger charge is -2.30. The minimum atomic E-state index is 0.0273. The molecule has 0 aliphatic rings. The molecule has 2 rings (SSSR count). The van der Waals surface area contributed by atoms with Crippen LogP contribution in [0.5, 0.6) is 5.75 Å². The van der Waals surface area contributed by atoms with E-state index in [0.717, 1.165) is 17.9 Å². The highest BCUT2D eigenvalue weighted by atomic mass is 16.5. The van der Waals surface area contributed by atoms with Gasteiger partial charge in [0.05, 0.1) is 13.7 Å². The van der Waals surface area contributed by atoms with E-state index in [9.17, 15) is 0 Å². The standard InChI is InChI=1S/C18H23NO2/c1-4-19(17-8-6-5-7-9-17)15(2)21-14-16-10-12-18(20-3)13-11-16/h5-13,15H,4,14H2,1-3H3. The van der Waals surface area contributed by atoms with Crippen LogP contribution in [0.3, 0.4) is 0 Å². The Morgan fingerprint density at radius 3 is 2.24 bits per heavy atom. The number of rotatable bonds is 7. The zero-order chi connectivity index (χ0) is 15.1. The third-order valence-corrected chi connectivity index (χ3v) is 3.52. The smallest absolute Gasteiger partial charge is 0.127 e. The van der Waals surface area contributed by atoms with Crippen molar-refractivity contribution in [3.8, 4) is 5.75 Å². The van der Waals surface area contributed by atoms with E-state index in [2.05, 4.69) is 30.9 Å². The van der Waals surface area contributed by atoms with Gasteiger partial charge >= 0.3 is 0 Å². The van der Waals surface area contributed by atoms with Gasteiger partial charge in [-0.1, -0.05) is 30.3 Å². The molecule has 0 aliphatic carbocycles.